The molecule has 0 radical (unpaired) electrons. The minimum atomic E-state index is -0.965. The number of aliphatic hydroxyl groups excluding tert-OH is 1. The highest BCUT2D eigenvalue weighted by Crippen LogP contribution is 2.36. The lowest BCUT2D eigenvalue weighted by molar-refractivity contribution is -0.140. The van der Waals surface area contributed by atoms with E-state index in [1.807, 2.05) is 23.2 Å². The molecule has 1 saturated heterocycles. The number of carbonyl (C=O) groups is 1. The zero-order valence-corrected chi connectivity index (χ0v) is 19.1. The van der Waals surface area contributed by atoms with Crippen molar-refractivity contribution in [3.63, 3.8) is 0 Å². The van der Waals surface area contributed by atoms with Gasteiger partial charge in [0.25, 0.3) is 0 Å². The highest BCUT2D eigenvalue weighted by molar-refractivity contribution is 7.22. The molecule has 1 unspecified atom stereocenters. The van der Waals surface area contributed by atoms with Gasteiger partial charge in [0.2, 0.25) is 12.3 Å². The molecule has 9 heteroatoms. The third kappa shape index (κ3) is 4.33. The third-order valence-electron chi connectivity index (χ3n) is 6.61. The summed E-state index contributed by atoms with van der Waals surface area (Å²) in [7, 11) is 0. The Morgan fingerprint density at radius 2 is 2.06 bits per heavy atom. The first-order chi connectivity index (χ1) is 16.1. The van der Waals surface area contributed by atoms with E-state index in [1.165, 1.54) is 11.3 Å². The van der Waals surface area contributed by atoms with Gasteiger partial charge < -0.3 is 25.4 Å². The monoisotopic (exact) mass is 465 g/mol. The van der Waals surface area contributed by atoms with Crippen molar-refractivity contribution in [1.82, 2.24) is 15.3 Å². The number of thiazole rings is 1. The van der Waals surface area contributed by atoms with Gasteiger partial charge >= 0.3 is 0 Å². The average molecular weight is 466 g/mol. The van der Waals surface area contributed by atoms with Crippen LogP contribution in [0.5, 0.6) is 0 Å². The van der Waals surface area contributed by atoms with Gasteiger partial charge in [-0.1, -0.05) is 17.4 Å². The summed E-state index contributed by atoms with van der Waals surface area (Å²) in [6.07, 6.45) is 5.56. The summed E-state index contributed by atoms with van der Waals surface area (Å²) in [6, 6.07) is 8.18. The smallest absolute Gasteiger partial charge is 0.238 e. The molecule has 0 bridgehead atoms. The first kappa shape index (κ1) is 21.0. The van der Waals surface area contributed by atoms with Crippen molar-refractivity contribution in [2.75, 3.05) is 29.9 Å². The second-order valence-corrected chi connectivity index (χ2v) is 10.0. The van der Waals surface area contributed by atoms with Gasteiger partial charge in [0.15, 0.2) is 5.13 Å². The maximum absolute atomic E-state index is 12.1. The van der Waals surface area contributed by atoms with Crippen LogP contribution in [0.2, 0.25) is 0 Å². The standard InChI is InChI=1S/C24H27N5O3S/c30-22(14-1-2-14)28-23-27-19-4-3-15(12-21(19)33-23)16-11-20-18(26-13-16)7-10-29(20)24(31)32-17-5-8-25-9-6-17/h3-4,11-14,17,24-25,31H,1-2,5-10H2,(H,27,28,30). The summed E-state index contributed by atoms with van der Waals surface area (Å²) >= 11 is 1.49. The number of pyridine rings is 1. The molecule has 2 aromatic heterocycles. The van der Waals surface area contributed by atoms with E-state index in [2.05, 4.69) is 32.7 Å². The van der Waals surface area contributed by atoms with Crippen LogP contribution in [0.25, 0.3) is 21.3 Å². The minimum absolute atomic E-state index is 0.0717. The second-order valence-electron chi connectivity index (χ2n) is 9.01. The van der Waals surface area contributed by atoms with E-state index in [9.17, 15) is 9.90 Å². The first-order valence-corrected chi connectivity index (χ1v) is 12.5. The summed E-state index contributed by atoms with van der Waals surface area (Å²) in [6.45, 7) is 2.53. The molecule has 3 N–H and O–H groups in total. The molecule has 8 nitrogen and oxygen atoms in total. The molecule has 1 aliphatic carbocycles. The number of amides is 1. The fourth-order valence-corrected chi connectivity index (χ4v) is 5.45. The zero-order chi connectivity index (χ0) is 22.4. The topological polar surface area (TPSA) is 99.6 Å². The Labute approximate surface area is 196 Å². The Hall–Kier alpha value is -2.59. The SMILES string of the molecule is O=C(Nc1nc2ccc(-c3cnc4c(c3)N(C(O)OC3CCNCC3)CC4)cc2s1)C1CC1. The quantitative estimate of drug-likeness (QED) is 0.481. The maximum atomic E-state index is 12.1. The lowest BCUT2D eigenvalue weighted by Crippen LogP contribution is -2.42. The van der Waals surface area contributed by atoms with Crippen LogP contribution in [0.15, 0.2) is 30.5 Å². The van der Waals surface area contributed by atoms with Crippen LogP contribution < -0.4 is 15.5 Å². The minimum Gasteiger partial charge on any atom is -0.351 e. The van der Waals surface area contributed by atoms with E-state index in [4.69, 9.17) is 4.74 Å². The van der Waals surface area contributed by atoms with Crippen molar-refractivity contribution in [1.29, 1.82) is 0 Å². The zero-order valence-electron chi connectivity index (χ0n) is 18.3. The largest absolute Gasteiger partial charge is 0.351 e. The van der Waals surface area contributed by atoms with Crippen molar-refractivity contribution < 1.29 is 14.6 Å². The molecular formula is C24H27N5O3S. The van der Waals surface area contributed by atoms with Crippen LogP contribution in [0.1, 0.15) is 31.4 Å². The molecule has 1 aromatic carbocycles. The van der Waals surface area contributed by atoms with E-state index in [-0.39, 0.29) is 17.9 Å². The van der Waals surface area contributed by atoms with Gasteiger partial charge in [-0.15, -0.1) is 0 Å². The second kappa shape index (κ2) is 8.64. The summed E-state index contributed by atoms with van der Waals surface area (Å²) in [5.74, 6) is 0.226. The number of hydrogen-bond acceptors (Lipinski definition) is 8. The van der Waals surface area contributed by atoms with Crippen molar-refractivity contribution in [2.45, 2.75) is 44.6 Å². The van der Waals surface area contributed by atoms with Crippen molar-refractivity contribution in [3.05, 3.63) is 36.2 Å². The van der Waals surface area contributed by atoms with Gasteiger partial charge in [-0.25, -0.2) is 4.98 Å². The number of anilines is 2. The fraction of sp³-hybridized carbons (Fsp3) is 0.458. The fourth-order valence-electron chi connectivity index (χ4n) is 4.54. The van der Waals surface area contributed by atoms with Crippen LogP contribution in [0.3, 0.4) is 0 Å². The Morgan fingerprint density at radius 1 is 1.21 bits per heavy atom. The predicted octanol–water partition coefficient (Wildman–Crippen LogP) is 3.11. The number of piperidine rings is 1. The van der Waals surface area contributed by atoms with Crippen molar-refractivity contribution in [2.24, 2.45) is 5.92 Å². The Morgan fingerprint density at radius 3 is 2.88 bits per heavy atom. The number of rotatable bonds is 6. The van der Waals surface area contributed by atoms with Crippen molar-refractivity contribution >= 4 is 38.3 Å². The number of nitrogens with one attached hydrogen (secondary N) is 2. The molecule has 33 heavy (non-hydrogen) atoms. The molecule has 2 aliphatic heterocycles. The number of carbonyl (C=O) groups excluding carboxylic acids is 1. The van der Waals surface area contributed by atoms with Crippen LogP contribution in [-0.4, -0.2) is 53.1 Å². The first-order valence-electron chi connectivity index (χ1n) is 11.7. The molecule has 0 spiro atoms. The number of fused-ring (bicyclic) bond motifs is 2. The predicted molar refractivity (Wildman–Crippen MR) is 128 cm³/mol. The number of hydrogen-bond donors (Lipinski definition) is 3. The molecule has 6 rings (SSSR count). The van der Waals surface area contributed by atoms with E-state index < -0.39 is 6.41 Å². The normalized spacial score (nSPS) is 19.6. The van der Waals surface area contributed by atoms with Gasteiger partial charge in [-0.3, -0.25) is 9.78 Å². The molecule has 172 valence electrons. The van der Waals surface area contributed by atoms with E-state index in [0.717, 1.165) is 77.9 Å². The lowest BCUT2D eigenvalue weighted by Gasteiger charge is -2.31. The van der Waals surface area contributed by atoms with Gasteiger partial charge in [0.1, 0.15) is 0 Å². The summed E-state index contributed by atoms with van der Waals surface area (Å²) in [5.41, 5.74) is 4.79. The molecule has 3 aliphatic rings. The van der Waals surface area contributed by atoms with Crippen LogP contribution in [0, 0.1) is 5.92 Å². The van der Waals surface area contributed by atoms with Gasteiger partial charge in [-0.05, 0) is 62.5 Å². The Kier molecular flexibility index (Phi) is 5.49. The van der Waals surface area contributed by atoms with Crippen LogP contribution in [-0.2, 0) is 16.0 Å². The van der Waals surface area contributed by atoms with E-state index in [1.54, 1.807) is 0 Å². The molecular weight excluding hydrogens is 438 g/mol. The van der Waals surface area contributed by atoms with Gasteiger partial charge in [0, 0.05) is 30.6 Å². The highest BCUT2D eigenvalue weighted by atomic mass is 32.1. The molecule has 1 atom stereocenters. The Balaban J connectivity index is 1.22. The number of aliphatic hydroxyl groups is 1. The van der Waals surface area contributed by atoms with Gasteiger partial charge in [-0.2, -0.15) is 0 Å². The summed E-state index contributed by atoms with van der Waals surface area (Å²) in [5, 5.41) is 17.7. The molecule has 1 amide bonds. The number of aromatic nitrogens is 2. The number of nitrogens with zero attached hydrogens (tertiary/aromatic N) is 3. The van der Waals surface area contributed by atoms with E-state index in [0.29, 0.717) is 11.7 Å². The summed E-state index contributed by atoms with van der Waals surface area (Å²) < 4.78 is 6.98. The van der Waals surface area contributed by atoms with Crippen LogP contribution in [0.4, 0.5) is 10.8 Å². The number of benzene rings is 1. The lowest BCUT2D eigenvalue weighted by atomic mass is 10.1. The van der Waals surface area contributed by atoms with Crippen LogP contribution >= 0.6 is 11.3 Å². The van der Waals surface area contributed by atoms with E-state index >= 15 is 0 Å². The molecule has 3 aromatic rings. The number of ether oxygens (including phenoxy) is 1. The van der Waals surface area contributed by atoms with Crippen molar-refractivity contribution in [3.8, 4) is 11.1 Å². The maximum Gasteiger partial charge on any atom is 0.238 e. The average Bonchev–Trinajstić information content (AvgIpc) is 3.48. The summed E-state index contributed by atoms with van der Waals surface area (Å²) in [4.78, 5) is 23.2. The third-order valence-corrected chi connectivity index (χ3v) is 7.55. The Bertz CT molecular complexity index is 1190. The molecule has 4 heterocycles. The van der Waals surface area contributed by atoms with Gasteiger partial charge in [0.05, 0.1) is 27.7 Å². The molecule has 2 fully saturated rings. The molecule has 1 saturated carbocycles. The highest BCUT2D eigenvalue weighted by Gasteiger charge is 2.31.